The Morgan fingerprint density at radius 2 is 1.56 bits per heavy atom. The highest BCUT2D eigenvalue weighted by Crippen LogP contribution is 2.58. The molecule has 0 bridgehead atoms. The summed E-state index contributed by atoms with van der Waals surface area (Å²) in [7, 11) is -2.34. The zero-order valence-corrected chi connectivity index (χ0v) is 14.3. The molecule has 0 aliphatic heterocycles. The topological polar surface area (TPSA) is 0 Å². The van der Waals surface area contributed by atoms with Crippen LogP contribution < -0.4 is 0 Å². The molecule has 0 nitrogen and oxygen atoms in total. The summed E-state index contributed by atoms with van der Waals surface area (Å²) in [5, 5.41) is 0.441. The SMILES string of the molecule is CC1=CC=CC(C)([Si](C)(C)C)C1[Si](C)(C)C. The molecule has 0 spiro atoms. The van der Waals surface area contributed by atoms with Crippen LogP contribution in [0.1, 0.15) is 13.8 Å². The quantitative estimate of drug-likeness (QED) is 0.584. The summed E-state index contributed by atoms with van der Waals surface area (Å²) in [6, 6.07) is 0. The molecule has 1 aliphatic carbocycles. The maximum atomic E-state index is 2.52. The van der Waals surface area contributed by atoms with Crippen molar-refractivity contribution in [1.82, 2.24) is 0 Å². The van der Waals surface area contributed by atoms with Gasteiger partial charge in [-0.3, -0.25) is 0 Å². The lowest BCUT2D eigenvalue weighted by Gasteiger charge is -2.51. The standard InChI is InChI=1S/C14H28Si2/c1-12-10-9-11-14(2,16(6,7)8)13(12)15(3,4)5/h9-11,13H,1-8H3. The molecule has 0 aromatic rings. The molecule has 1 aliphatic rings. The van der Waals surface area contributed by atoms with Gasteiger partial charge in [-0.2, -0.15) is 0 Å². The van der Waals surface area contributed by atoms with Crippen molar-refractivity contribution in [3.63, 3.8) is 0 Å². The van der Waals surface area contributed by atoms with Gasteiger partial charge in [0.15, 0.2) is 0 Å². The van der Waals surface area contributed by atoms with Gasteiger partial charge >= 0.3 is 0 Å². The summed E-state index contributed by atoms with van der Waals surface area (Å²) in [5.41, 5.74) is 2.43. The molecule has 0 radical (unpaired) electrons. The van der Waals surface area contributed by atoms with Crippen molar-refractivity contribution in [1.29, 1.82) is 0 Å². The first-order valence-corrected chi connectivity index (χ1v) is 13.4. The summed E-state index contributed by atoms with van der Waals surface area (Å²) >= 11 is 0. The van der Waals surface area contributed by atoms with Gasteiger partial charge in [-0.05, 0) is 17.5 Å². The van der Waals surface area contributed by atoms with Gasteiger partial charge in [0, 0.05) is 0 Å². The molecule has 92 valence electrons. The Kier molecular flexibility index (Phi) is 3.48. The normalized spacial score (nSPS) is 31.5. The fourth-order valence-corrected chi connectivity index (χ4v) is 11.0. The first-order valence-electron chi connectivity index (χ1n) is 6.36. The van der Waals surface area contributed by atoms with E-state index in [9.17, 15) is 0 Å². The minimum atomic E-state index is -1.19. The van der Waals surface area contributed by atoms with Crippen LogP contribution in [0.3, 0.4) is 0 Å². The lowest BCUT2D eigenvalue weighted by atomic mass is 9.95. The van der Waals surface area contributed by atoms with Gasteiger partial charge < -0.3 is 0 Å². The predicted octanol–water partition coefficient (Wildman–Crippen LogP) is 5.31. The minimum Gasteiger partial charge on any atom is -0.0810 e. The van der Waals surface area contributed by atoms with E-state index in [1.807, 2.05) is 0 Å². The molecular formula is C14H28Si2. The van der Waals surface area contributed by atoms with Crippen LogP contribution in [0.2, 0.25) is 49.9 Å². The van der Waals surface area contributed by atoms with Crippen molar-refractivity contribution in [3.8, 4) is 0 Å². The summed E-state index contributed by atoms with van der Waals surface area (Å²) in [5.74, 6) is 0. The van der Waals surface area contributed by atoms with Crippen molar-refractivity contribution in [2.45, 2.75) is 63.7 Å². The van der Waals surface area contributed by atoms with Crippen molar-refractivity contribution in [2.24, 2.45) is 0 Å². The van der Waals surface area contributed by atoms with Crippen LogP contribution in [-0.2, 0) is 0 Å². The van der Waals surface area contributed by atoms with Gasteiger partial charge in [0.1, 0.15) is 0 Å². The van der Waals surface area contributed by atoms with Crippen LogP contribution in [0.4, 0.5) is 0 Å². The molecule has 0 saturated heterocycles. The van der Waals surface area contributed by atoms with Crippen molar-refractivity contribution >= 4 is 16.1 Å². The fraction of sp³-hybridized carbons (Fsp3) is 0.714. The Morgan fingerprint density at radius 1 is 1.06 bits per heavy atom. The van der Waals surface area contributed by atoms with E-state index >= 15 is 0 Å². The summed E-state index contributed by atoms with van der Waals surface area (Å²) in [6.07, 6.45) is 7.14. The minimum absolute atomic E-state index is 0.441. The zero-order chi connectivity index (χ0) is 12.8. The summed E-state index contributed by atoms with van der Waals surface area (Å²) in [6.45, 7) is 20.0. The second-order valence-electron chi connectivity index (χ2n) is 7.60. The molecule has 2 unspecified atom stereocenters. The Balaban J connectivity index is 3.30. The average molecular weight is 253 g/mol. The monoisotopic (exact) mass is 252 g/mol. The van der Waals surface area contributed by atoms with E-state index < -0.39 is 16.1 Å². The van der Waals surface area contributed by atoms with Gasteiger partial charge in [-0.25, -0.2) is 0 Å². The highest BCUT2D eigenvalue weighted by Gasteiger charge is 2.49. The Hall–Kier alpha value is -0.0862. The van der Waals surface area contributed by atoms with Crippen LogP contribution in [-0.4, -0.2) is 16.1 Å². The molecule has 16 heavy (non-hydrogen) atoms. The molecule has 0 amide bonds. The number of hydrogen-bond donors (Lipinski definition) is 0. The van der Waals surface area contributed by atoms with Crippen LogP contribution in [0.5, 0.6) is 0 Å². The highest BCUT2D eigenvalue weighted by atomic mass is 28.3. The van der Waals surface area contributed by atoms with Gasteiger partial charge in [0.05, 0.1) is 16.1 Å². The third kappa shape index (κ3) is 2.28. The number of hydrogen-bond acceptors (Lipinski definition) is 0. The van der Waals surface area contributed by atoms with E-state index in [4.69, 9.17) is 0 Å². The number of rotatable bonds is 2. The molecule has 1 rings (SSSR count). The van der Waals surface area contributed by atoms with Gasteiger partial charge in [-0.15, -0.1) is 0 Å². The van der Waals surface area contributed by atoms with Gasteiger partial charge in [0.25, 0.3) is 0 Å². The smallest absolute Gasteiger partial charge is 0.0549 e. The van der Waals surface area contributed by atoms with Crippen LogP contribution in [0.25, 0.3) is 0 Å². The third-order valence-corrected chi connectivity index (χ3v) is 11.1. The molecular weight excluding hydrogens is 224 g/mol. The molecule has 0 aromatic carbocycles. The van der Waals surface area contributed by atoms with Crippen molar-refractivity contribution < 1.29 is 0 Å². The third-order valence-electron chi connectivity index (χ3n) is 4.34. The molecule has 0 saturated carbocycles. The predicted molar refractivity (Wildman–Crippen MR) is 81.7 cm³/mol. The van der Waals surface area contributed by atoms with E-state index in [-0.39, 0.29) is 0 Å². The molecule has 2 atom stereocenters. The molecule has 0 aromatic heterocycles. The second-order valence-corrected chi connectivity index (χ2v) is 18.5. The lowest BCUT2D eigenvalue weighted by Crippen LogP contribution is -2.48. The second kappa shape index (κ2) is 3.99. The lowest BCUT2D eigenvalue weighted by molar-refractivity contribution is 0.676. The van der Waals surface area contributed by atoms with E-state index in [0.717, 1.165) is 5.54 Å². The van der Waals surface area contributed by atoms with Crippen molar-refractivity contribution in [3.05, 3.63) is 23.8 Å². The van der Waals surface area contributed by atoms with Crippen molar-refractivity contribution in [2.75, 3.05) is 0 Å². The first kappa shape index (κ1) is 14.0. The Morgan fingerprint density at radius 3 is 1.88 bits per heavy atom. The first-order chi connectivity index (χ1) is 7.00. The fourth-order valence-electron chi connectivity index (χ4n) is 3.33. The highest BCUT2D eigenvalue weighted by molar-refractivity contribution is 6.85. The molecule has 0 N–H and O–H groups in total. The molecule has 0 fully saturated rings. The Labute approximate surface area is 104 Å². The van der Waals surface area contributed by atoms with Crippen LogP contribution in [0.15, 0.2) is 23.8 Å². The van der Waals surface area contributed by atoms with E-state index in [1.165, 1.54) is 0 Å². The zero-order valence-electron chi connectivity index (χ0n) is 12.3. The molecule has 2 heteroatoms. The summed E-state index contributed by atoms with van der Waals surface area (Å²) in [4.78, 5) is 0. The summed E-state index contributed by atoms with van der Waals surface area (Å²) < 4.78 is 0. The van der Waals surface area contributed by atoms with E-state index in [0.29, 0.717) is 5.04 Å². The maximum absolute atomic E-state index is 2.52. The van der Waals surface area contributed by atoms with E-state index in [1.54, 1.807) is 5.57 Å². The van der Waals surface area contributed by atoms with E-state index in [2.05, 4.69) is 71.4 Å². The van der Waals surface area contributed by atoms with Gasteiger partial charge in [-0.1, -0.05) is 70.0 Å². The largest absolute Gasteiger partial charge is 0.0810 e. The Bertz CT molecular complexity index is 326. The average Bonchev–Trinajstić information content (AvgIpc) is 1.98. The van der Waals surface area contributed by atoms with Gasteiger partial charge in [0.2, 0.25) is 0 Å². The molecule has 0 heterocycles. The maximum Gasteiger partial charge on any atom is 0.0549 e. The number of allylic oxidation sites excluding steroid dienone is 4. The van der Waals surface area contributed by atoms with Crippen LogP contribution in [0, 0.1) is 0 Å². The van der Waals surface area contributed by atoms with Crippen LogP contribution >= 0.6 is 0 Å².